The highest BCUT2D eigenvalue weighted by Crippen LogP contribution is 2.63. The molecule has 0 aromatic heterocycles. The van der Waals surface area contributed by atoms with Crippen LogP contribution >= 0.6 is 0 Å². The van der Waals surface area contributed by atoms with Crippen LogP contribution in [0.25, 0.3) is 0 Å². The summed E-state index contributed by atoms with van der Waals surface area (Å²) in [4.78, 5) is 11.5. The molecule has 1 aromatic rings. The minimum atomic E-state index is -0.936. The van der Waals surface area contributed by atoms with Crippen LogP contribution in [-0.4, -0.2) is 22.1 Å². The number of carbonyl (C=O) groups excluding carboxylic acids is 1. The van der Waals surface area contributed by atoms with E-state index in [1.165, 1.54) is 0 Å². The van der Waals surface area contributed by atoms with Gasteiger partial charge in [0.15, 0.2) is 5.78 Å². The van der Waals surface area contributed by atoms with E-state index in [0.29, 0.717) is 5.57 Å². The van der Waals surface area contributed by atoms with E-state index in [-0.39, 0.29) is 23.5 Å². The molecule has 4 atom stereocenters. The fourth-order valence-electron chi connectivity index (χ4n) is 2.89. The zero-order valence-corrected chi connectivity index (χ0v) is 8.58. The molecular formula is C13H12O3. The van der Waals surface area contributed by atoms with Crippen molar-refractivity contribution in [3.05, 3.63) is 47.7 Å². The topological polar surface area (TPSA) is 57.5 Å². The number of ketones is 1. The van der Waals surface area contributed by atoms with Crippen LogP contribution in [0.5, 0.6) is 0 Å². The number of hydrogen-bond acceptors (Lipinski definition) is 3. The Labute approximate surface area is 93.0 Å². The van der Waals surface area contributed by atoms with Crippen LogP contribution < -0.4 is 0 Å². The summed E-state index contributed by atoms with van der Waals surface area (Å²) in [5, 5.41) is 18.8. The summed E-state index contributed by atoms with van der Waals surface area (Å²) in [6.45, 7) is 0. The molecule has 2 aliphatic rings. The SMILES string of the molecule is O=C1C(=CO)C2C(c3ccccc3)C2C1O. The Bertz CT molecular complexity index is 463. The largest absolute Gasteiger partial charge is 0.515 e. The van der Waals surface area contributed by atoms with Crippen molar-refractivity contribution in [2.24, 2.45) is 11.8 Å². The number of aliphatic hydroxyl groups is 2. The normalized spacial score (nSPS) is 38.8. The summed E-state index contributed by atoms with van der Waals surface area (Å²) < 4.78 is 0. The fraction of sp³-hybridized carbons (Fsp3) is 0.308. The van der Waals surface area contributed by atoms with Crippen LogP contribution in [0.1, 0.15) is 11.5 Å². The summed E-state index contributed by atoms with van der Waals surface area (Å²) in [7, 11) is 0. The summed E-state index contributed by atoms with van der Waals surface area (Å²) in [5.74, 6) is -0.153. The lowest BCUT2D eigenvalue weighted by molar-refractivity contribution is -0.122. The Morgan fingerprint density at radius 3 is 2.44 bits per heavy atom. The van der Waals surface area contributed by atoms with Crippen molar-refractivity contribution in [1.82, 2.24) is 0 Å². The monoisotopic (exact) mass is 216 g/mol. The quantitative estimate of drug-likeness (QED) is 0.551. The second kappa shape index (κ2) is 3.19. The molecular weight excluding hydrogens is 204 g/mol. The van der Waals surface area contributed by atoms with Crippen molar-refractivity contribution < 1.29 is 15.0 Å². The minimum Gasteiger partial charge on any atom is -0.515 e. The first-order valence-corrected chi connectivity index (χ1v) is 5.37. The maximum Gasteiger partial charge on any atom is 0.190 e. The van der Waals surface area contributed by atoms with E-state index >= 15 is 0 Å². The lowest BCUT2D eigenvalue weighted by Crippen LogP contribution is -2.20. The molecule has 4 unspecified atom stereocenters. The Balaban J connectivity index is 1.94. The third-order valence-corrected chi connectivity index (χ3v) is 3.68. The number of hydrogen-bond donors (Lipinski definition) is 2. The molecule has 3 rings (SSSR count). The van der Waals surface area contributed by atoms with Crippen molar-refractivity contribution in [1.29, 1.82) is 0 Å². The Morgan fingerprint density at radius 2 is 1.81 bits per heavy atom. The van der Waals surface area contributed by atoms with Crippen LogP contribution in [0.2, 0.25) is 0 Å². The van der Waals surface area contributed by atoms with Gasteiger partial charge in [-0.25, -0.2) is 0 Å². The third-order valence-electron chi connectivity index (χ3n) is 3.68. The van der Waals surface area contributed by atoms with E-state index in [9.17, 15) is 9.90 Å². The van der Waals surface area contributed by atoms with Gasteiger partial charge in [0.2, 0.25) is 0 Å². The molecule has 1 aromatic carbocycles. The predicted molar refractivity (Wildman–Crippen MR) is 57.9 cm³/mol. The van der Waals surface area contributed by atoms with E-state index in [1.54, 1.807) is 0 Å². The van der Waals surface area contributed by atoms with Crippen LogP contribution in [0.4, 0.5) is 0 Å². The van der Waals surface area contributed by atoms with Gasteiger partial charge in [0.1, 0.15) is 6.10 Å². The van der Waals surface area contributed by atoms with Gasteiger partial charge in [0.25, 0.3) is 0 Å². The summed E-state index contributed by atoms with van der Waals surface area (Å²) in [6.07, 6.45) is -0.0762. The van der Waals surface area contributed by atoms with Crippen molar-refractivity contribution >= 4 is 5.78 Å². The standard InChI is InChI=1S/C13H12O3/c14-6-8-10-9(7-4-2-1-3-5-7)11(10)13(16)12(8)15/h1-6,9-11,13-14,16H. The first-order valence-electron chi connectivity index (χ1n) is 5.37. The van der Waals surface area contributed by atoms with Crippen LogP contribution in [0.3, 0.4) is 0 Å². The van der Waals surface area contributed by atoms with E-state index < -0.39 is 6.10 Å². The summed E-state index contributed by atoms with van der Waals surface area (Å²) in [5.41, 5.74) is 1.51. The number of Topliss-reactive ketones (excluding diaryl/α,β-unsaturated/α-hetero) is 1. The molecule has 82 valence electrons. The second-order valence-corrected chi connectivity index (χ2v) is 4.43. The molecule has 3 nitrogen and oxygen atoms in total. The van der Waals surface area contributed by atoms with Gasteiger partial charge in [-0.2, -0.15) is 0 Å². The van der Waals surface area contributed by atoms with E-state index in [4.69, 9.17) is 5.11 Å². The maximum absolute atomic E-state index is 11.5. The Morgan fingerprint density at radius 1 is 1.12 bits per heavy atom. The zero-order chi connectivity index (χ0) is 11.3. The number of aliphatic hydroxyl groups excluding tert-OH is 2. The van der Waals surface area contributed by atoms with E-state index in [2.05, 4.69) is 0 Å². The van der Waals surface area contributed by atoms with Gasteiger partial charge in [-0.05, 0) is 11.5 Å². The summed E-state index contributed by atoms with van der Waals surface area (Å²) in [6, 6.07) is 9.82. The van der Waals surface area contributed by atoms with Crippen LogP contribution in [-0.2, 0) is 4.79 Å². The first kappa shape index (κ1) is 9.60. The van der Waals surface area contributed by atoms with Gasteiger partial charge in [0, 0.05) is 17.4 Å². The highest BCUT2D eigenvalue weighted by atomic mass is 16.3. The van der Waals surface area contributed by atoms with Gasteiger partial charge < -0.3 is 10.2 Å². The molecule has 0 bridgehead atoms. The molecule has 0 spiro atoms. The lowest BCUT2D eigenvalue weighted by atomic mass is 9.99. The van der Waals surface area contributed by atoms with Gasteiger partial charge in [-0.1, -0.05) is 30.3 Å². The molecule has 0 heterocycles. The van der Waals surface area contributed by atoms with Crippen molar-refractivity contribution in [3.63, 3.8) is 0 Å². The molecule has 0 aliphatic heterocycles. The van der Waals surface area contributed by atoms with Gasteiger partial charge in [0.05, 0.1) is 6.26 Å². The Kier molecular flexibility index (Phi) is 1.91. The van der Waals surface area contributed by atoms with Gasteiger partial charge >= 0.3 is 0 Å². The molecule has 2 N–H and O–H groups in total. The molecule has 0 amide bonds. The van der Waals surface area contributed by atoms with E-state index in [0.717, 1.165) is 11.8 Å². The number of benzene rings is 1. The fourth-order valence-corrected chi connectivity index (χ4v) is 2.89. The van der Waals surface area contributed by atoms with Crippen LogP contribution in [0, 0.1) is 11.8 Å². The number of carbonyl (C=O) groups is 1. The highest BCUT2D eigenvalue weighted by Gasteiger charge is 2.65. The second-order valence-electron chi connectivity index (χ2n) is 4.43. The van der Waals surface area contributed by atoms with Crippen molar-refractivity contribution in [2.75, 3.05) is 0 Å². The molecule has 2 fully saturated rings. The van der Waals surface area contributed by atoms with Crippen molar-refractivity contribution in [3.8, 4) is 0 Å². The Hall–Kier alpha value is -1.61. The predicted octanol–water partition coefficient (Wildman–Crippen LogP) is 1.40. The lowest BCUT2D eigenvalue weighted by Gasteiger charge is -2.08. The van der Waals surface area contributed by atoms with Crippen LogP contribution in [0.15, 0.2) is 42.2 Å². The molecule has 16 heavy (non-hydrogen) atoms. The highest BCUT2D eigenvalue weighted by molar-refractivity contribution is 6.04. The van der Waals surface area contributed by atoms with E-state index in [1.807, 2.05) is 30.3 Å². The first-order chi connectivity index (χ1) is 7.75. The molecule has 0 radical (unpaired) electrons. The smallest absolute Gasteiger partial charge is 0.190 e. The maximum atomic E-state index is 11.5. The minimum absolute atomic E-state index is 0.00917. The van der Waals surface area contributed by atoms with Crippen molar-refractivity contribution in [2.45, 2.75) is 12.0 Å². The zero-order valence-electron chi connectivity index (χ0n) is 8.58. The molecule has 0 saturated heterocycles. The summed E-state index contributed by atoms with van der Waals surface area (Å²) >= 11 is 0. The number of fused-ring (bicyclic) bond motifs is 1. The average Bonchev–Trinajstić information content (AvgIpc) is 2.99. The third kappa shape index (κ3) is 1.09. The molecule has 2 saturated carbocycles. The molecule has 2 aliphatic carbocycles. The average molecular weight is 216 g/mol. The van der Waals surface area contributed by atoms with Gasteiger partial charge in [-0.15, -0.1) is 0 Å². The van der Waals surface area contributed by atoms with Gasteiger partial charge in [-0.3, -0.25) is 4.79 Å². The molecule has 3 heteroatoms. The number of rotatable bonds is 1.